The van der Waals surface area contributed by atoms with Gasteiger partial charge in [0, 0.05) is 0 Å². The summed E-state index contributed by atoms with van der Waals surface area (Å²) in [6.45, 7) is 5.45. The van der Waals surface area contributed by atoms with Crippen molar-refractivity contribution in [1.82, 2.24) is 10.6 Å². The molecule has 2 unspecified atom stereocenters. The summed E-state index contributed by atoms with van der Waals surface area (Å²) in [5, 5.41) is 6.12. The van der Waals surface area contributed by atoms with Crippen LogP contribution >= 0.6 is 12.4 Å². The fraction of sp³-hybridized carbons (Fsp3) is 0.533. The summed E-state index contributed by atoms with van der Waals surface area (Å²) < 4.78 is 5.82. The first kappa shape index (κ1) is 16.8. The molecule has 0 aromatic heterocycles. The summed E-state index contributed by atoms with van der Waals surface area (Å²) in [4.78, 5) is 11.8. The van der Waals surface area contributed by atoms with E-state index in [0.29, 0.717) is 6.54 Å². The Labute approximate surface area is 126 Å². The van der Waals surface area contributed by atoms with E-state index in [0.717, 1.165) is 30.7 Å². The summed E-state index contributed by atoms with van der Waals surface area (Å²) in [6, 6.07) is 7.89. The summed E-state index contributed by atoms with van der Waals surface area (Å²) >= 11 is 0. The number of aryl methyl sites for hydroxylation is 1. The quantitative estimate of drug-likeness (QED) is 0.875. The Morgan fingerprint density at radius 3 is 2.90 bits per heavy atom. The first-order valence-corrected chi connectivity index (χ1v) is 6.90. The van der Waals surface area contributed by atoms with Crippen LogP contribution in [0.15, 0.2) is 24.3 Å². The molecule has 0 saturated carbocycles. The molecular formula is C15H23ClN2O2. The molecule has 1 aliphatic heterocycles. The number of ether oxygens (including phenoxy) is 1. The van der Waals surface area contributed by atoms with E-state index in [1.165, 1.54) is 0 Å². The van der Waals surface area contributed by atoms with Gasteiger partial charge in [-0.15, -0.1) is 12.4 Å². The third-order valence-corrected chi connectivity index (χ3v) is 3.36. The highest BCUT2D eigenvalue weighted by atomic mass is 35.5. The largest absolute Gasteiger partial charge is 0.489 e. The summed E-state index contributed by atoms with van der Waals surface area (Å²) in [5.41, 5.74) is 1.11. The lowest BCUT2D eigenvalue weighted by atomic mass is 10.2. The number of amides is 1. The lowest BCUT2D eigenvalue weighted by Gasteiger charge is -2.18. The van der Waals surface area contributed by atoms with Crippen molar-refractivity contribution in [3.8, 4) is 5.75 Å². The molecule has 1 amide bonds. The maximum atomic E-state index is 11.8. The van der Waals surface area contributed by atoms with E-state index >= 15 is 0 Å². The average molecular weight is 299 g/mol. The molecule has 0 aliphatic carbocycles. The summed E-state index contributed by atoms with van der Waals surface area (Å²) in [5.74, 6) is 0.959. The monoisotopic (exact) mass is 298 g/mol. The van der Waals surface area contributed by atoms with Crippen LogP contribution in [0.4, 0.5) is 0 Å². The Bertz CT molecular complexity index is 434. The molecule has 1 fully saturated rings. The number of para-hydroxylation sites is 1. The van der Waals surface area contributed by atoms with Crippen molar-refractivity contribution in [2.75, 3.05) is 13.1 Å². The van der Waals surface area contributed by atoms with Crippen LogP contribution in [0, 0.1) is 6.92 Å². The standard InChI is InChI=1S/C15H22N2O2.ClH/c1-11-6-3-4-8-14(11)19-12(2)10-17-15(18)13-7-5-9-16-13;/h3-4,6,8,12-13,16H,5,7,9-10H2,1-2H3,(H,17,18);1H. The van der Waals surface area contributed by atoms with Gasteiger partial charge in [-0.25, -0.2) is 0 Å². The van der Waals surface area contributed by atoms with Crippen molar-refractivity contribution >= 4 is 18.3 Å². The number of hydrogen-bond acceptors (Lipinski definition) is 3. The molecule has 0 radical (unpaired) electrons. The molecule has 1 saturated heterocycles. The van der Waals surface area contributed by atoms with Crippen molar-refractivity contribution in [2.45, 2.75) is 38.8 Å². The molecule has 2 rings (SSSR count). The van der Waals surface area contributed by atoms with Crippen LogP contribution in [-0.2, 0) is 4.79 Å². The zero-order chi connectivity index (χ0) is 13.7. The topological polar surface area (TPSA) is 50.4 Å². The minimum Gasteiger partial charge on any atom is -0.489 e. The fourth-order valence-corrected chi connectivity index (χ4v) is 2.22. The number of carbonyl (C=O) groups excluding carboxylic acids is 1. The van der Waals surface area contributed by atoms with Gasteiger partial charge >= 0.3 is 0 Å². The molecule has 1 aliphatic rings. The lowest BCUT2D eigenvalue weighted by molar-refractivity contribution is -0.123. The zero-order valence-corrected chi connectivity index (χ0v) is 12.8. The third-order valence-electron chi connectivity index (χ3n) is 3.36. The van der Waals surface area contributed by atoms with Gasteiger partial charge in [0.05, 0.1) is 12.6 Å². The summed E-state index contributed by atoms with van der Waals surface area (Å²) in [7, 11) is 0. The molecule has 112 valence electrons. The average Bonchev–Trinajstić information content (AvgIpc) is 2.93. The second kappa shape index (κ2) is 8.12. The van der Waals surface area contributed by atoms with Gasteiger partial charge in [-0.05, 0) is 44.9 Å². The van der Waals surface area contributed by atoms with E-state index in [9.17, 15) is 4.79 Å². The van der Waals surface area contributed by atoms with E-state index in [4.69, 9.17) is 4.74 Å². The number of rotatable bonds is 5. The molecule has 0 spiro atoms. The van der Waals surface area contributed by atoms with Crippen molar-refractivity contribution < 1.29 is 9.53 Å². The van der Waals surface area contributed by atoms with E-state index in [-0.39, 0.29) is 30.5 Å². The van der Waals surface area contributed by atoms with Crippen molar-refractivity contribution in [2.24, 2.45) is 0 Å². The molecule has 20 heavy (non-hydrogen) atoms. The Hall–Kier alpha value is -1.26. The molecule has 1 aromatic rings. The Kier molecular flexibility index (Phi) is 6.82. The second-order valence-electron chi connectivity index (χ2n) is 5.09. The van der Waals surface area contributed by atoms with E-state index in [1.54, 1.807) is 0 Å². The minimum atomic E-state index is -0.0357. The van der Waals surface area contributed by atoms with Gasteiger partial charge in [-0.1, -0.05) is 18.2 Å². The number of benzene rings is 1. The van der Waals surface area contributed by atoms with Gasteiger partial charge in [0.2, 0.25) is 5.91 Å². The van der Waals surface area contributed by atoms with Crippen molar-refractivity contribution in [3.63, 3.8) is 0 Å². The van der Waals surface area contributed by atoms with Crippen LogP contribution in [-0.4, -0.2) is 31.1 Å². The highest BCUT2D eigenvalue weighted by Crippen LogP contribution is 2.17. The highest BCUT2D eigenvalue weighted by Gasteiger charge is 2.22. The van der Waals surface area contributed by atoms with Crippen LogP contribution in [0.3, 0.4) is 0 Å². The first-order chi connectivity index (χ1) is 9.16. The number of carbonyl (C=O) groups is 1. The van der Waals surface area contributed by atoms with Gasteiger partial charge in [0.25, 0.3) is 0 Å². The van der Waals surface area contributed by atoms with Crippen LogP contribution < -0.4 is 15.4 Å². The maximum Gasteiger partial charge on any atom is 0.237 e. The number of nitrogens with one attached hydrogen (secondary N) is 2. The van der Waals surface area contributed by atoms with E-state index in [1.807, 2.05) is 38.1 Å². The Morgan fingerprint density at radius 2 is 2.25 bits per heavy atom. The van der Waals surface area contributed by atoms with E-state index in [2.05, 4.69) is 10.6 Å². The van der Waals surface area contributed by atoms with Gasteiger partial charge in [0.15, 0.2) is 0 Å². The molecule has 4 nitrogen and oxygen atoms in total. The van der Waals surface area contributed by atoms with Crippen LogP contribution in [0.5, 0.6) is 5.75 Å². The molecule has 2 N–H and O–H groups in total. The lowest BCUT2D eigenvalue weighted by Crippen LogP contribution is -2.43. The molecular weight excluding hydrogens is 276 g/mol. The number of hydrogen-bond donors (Lipinski definition) is 2. The predicted molar refractivity (Wildman–Crippen MR) is 82.6 cm³/mol. The van der Waals surface area contributed by atoms with Crippen LogP contribution in [0.25, 0.3) is 0 Å². The molecule has 0 bridgehead atoms. The summed E-state index contributed by atoms with van der Waals surface area (Å²) in [6.07, 6.45) is 1.97. The Balaban J connectivity index is 0.00000200. The van der Waals surface area contributed by atoms with E-state index < -0.39 is 0 Å². The first-order valence-electron chi connectivity index (χ1n) is 6.90. The number of halogens is 1. The fourth-order valence-electron chi connectivity index (χ4n) is 2.22. The van der Waals surface area contributed by atoms with Crippen LogP contribution in [0.2, 0.25) is 0 Å². The van der Waals surface area contributed by atoms with Gasteiger partial charge in [-0.3, -0.25) is 4.79 Å². The van der Waals surface area contributed by atoms with Gasteiger partial charge in [0.1, 0.15) is 11.9 Å². The third kappa shape index (κ3) is 4.69. The molecule has 2 atom stereocenters. The normalized spacial score (nSPS) is 19.0. The predicted octanol–water partition coefficient (Wildman–Crippen LogP) is 2.05. The zero-order valence-electron chi connectivity index (χ0n) is 12.0. The van der Waals surface area contributed by atoms with Crippen molar-refractivity contribution in [3.05, 3.63) is 29.8 Å². The molecule has 5 heteroatoms. The van der Waals surface area contributed by atoms with Gasteiger partial charge < -0.3 is 15.4 Å². The molecule has 1 heterocycles. The van der Waals surface area contributed by atoms with Gasteiger partial charge in [-0.2, -0.15) is 0 Å². The molecule has 1 aromatic carbocycles. The Morgan fingerprint density at radius 1 is 1.50 bits per heavy atom. The minimum absolute atomic E-state index is 0. The van der Waals surface area contributed by atoms with Crippen LogP contribution in [0.1, 0.15) is 25.3 Å². The highest BCUT2D eigenvalue weighted by molar-refractivity contribution is 5.85. The SMILES string of the molecule is Cc1ccccc1OC(C)CNC(=O)C1CCCN1.Cl. The maximum absolute atomic E-state index is 11.8. The van der Waals surface area contributed by atoms with Crippen molar-refractivity contribution in [1.29, 1.82) is 0 Å². The second-order valence-corrected chi connectivity index (χ2v) is 5.09. The smallest absolute Gasteiger partial charge is 0.237 e.